The van der Waals surface area contributed by atoms with Gasteiger partial charge >= 0.3 is 0 Å². The van der Waals surface area contributed by atoms with Gasteiger partial charge in [-0.05, 0) is 37.5 Å². The van der Waals surface area contributed by atoms with Crippen LogP contribution in [-0.4, -0.2) is 23.8 Å². The number of rotatable bonds is 7. The first-order valence-corrected chi connectivity index (χ1v) is 8.23. The summed E-state index contributed by atoms with van der Waals surface area (Å²) >= 11 is 0. The molecule has 0 heterocycles. The smallest absolute Gasteiger partial charge is 0.246 e. The molecule has 6 heteroatoms. The zero-order chi connectivity index (χ0) is 18.3. The lowest BCUT2D eigenvalue weighted by Crippen LogP contribution is -2.41. The summed E-state index contributed by atoms with van der Waals surface area (Å²) in [4.78, 5) is 35.4. The Hall–Kier alpha value is -2.37. The summed E-state index contributed by atoms with van der Waals surface area (Å²) in [7, 11) is 0. The van der Waals surface area contributed by atoms with Crippen LogP contribution in [0.15, 0.2) is 18.2 Å². The van der Waals surface area contributed by atoms with Crippen LogP contribution in [0.25, 0.3) is 0 Å². The van der Waals surface area contributed by atoms with Gasteiger partial charge in [0.05, 0.1) is 0 Å². The molecule has 0 saturated heterocycles. The molecule has 3 amide bonds. The van der Waals surface area contributed by atoms with Gasteiger partial charge in [-0.25, -0.2) is 0 Å². The average molecular weight is 333 g/mol. The van der Waals surface area contributed by atoms with Crippen molar-refractivity contribution in [1.82, 2.24) is 5.32 Å². The van der Waals surface area contributed by atoms with E-state index < -0.39 is 6.04 Å². The molecular weight excluding hydrogens is 306 g/mol. The van der Waals surface area contributed by atoms with E-state index >= 15 is 0 Å². The molecule has 6 nitrogen and oxygen atoms in total. The summed E-state index contributed by atoms with van der Waals surface area (Å²) < 4.78 is 0. The highest BCUT2D eigenvalue weighted by atomic mass is 16.2. The fourth-order valence-electron chi connectivity index (χ4n) is 2.07. The van der Waals surface area contributed by atoms with Gasteiger partial charge in [-0.1, -0.05) is 26.8 Å². The zero-order valence-corrected chi connectivity index (χ0v) is 15.0. The molecule has 0 radical (unpaired) electrons. The molecular formula is C18H27N3O3. The third kappa shape index (κ3) is 6.40. The summed E-state index contributed by atoms with van der Waals surface area (Å²) in [6.07, 6.45) is 0.768. The Kier molecular flexibility index (Phi) is 7.42. The van der Waals surface area contributed by atoms with Gasteiger partial charge in [0.1, 0.15) is 6.04 Å². The minimum Gasteiger partial charge on any atom is -0.345 e. The van der Waals surface area contributed by atoms with Crippen molar-refractivity contribution in [3.8, 4) is 0 Å². The van der Waals surface area contributed by atoms with Crippen LogP contribution in [0.3, 0.4) is 0 Å². The van der Waals surface area contributed by atoms with E-state index in [9.17, 15) is 14.4 Å². The maximum Gasteiger partial charge on any atom is 0.246 e. The van der Waals surface area contributed by atoms with Crippen molar-refractivity contribution >= 4 is 29.1 Å². The highest BCUT2D eigenvalue weighted by molar-refractivity contribution is 5.98. The molecule has 1 atom stereocenters. The first-order valence-electron chi connectivity index (χ1n) is 8.23. The summed E-state index contributed by atoms with van der Waals surface area (Å²) in [6, 6.07) is 4.72. The molecule has 0 fully saturated rings. The Morgan fingerprint density at radius 1 is 1.04 bits per heavy atom. The molecule has 1 unspecified atom stereocenters. The molecule has 0 aliphatic carbocycles. The van der Waals surface area contributed by atoms with Crippen molar-refractivity contribution in [3.63, 3.8) is 0 Å². The zero-order valence-electron chi connectivity index (χ0n) is 15.0. The van der Waals surface area contributed by atoms with Crippen molar-refractivity contribution in [2.45, 2.75) is 53.5 Å². The number of benzene rings is 1. The van der Waals surface area contributed by atoms with E-state index in [2.05, 4.69) is 16.0 Å². The molecule has 3 N–H and O–H groups in total. The van der Waals surface area contributed by atoms with Crippen LogP contribution in [0.2, 0.25) is 0 Å². The van der Waals surface area contributed by atoms with Crippen LogP contribution < -0.4 is 16.0 Å². The summed E-state index contributed by atoms with van der Waals surface area (Å²) in [6.45, 7) is 9.18. The minimum atomic E-state index is -0.629. The first-order chi connectivity index (χ1) is 11.2. The lowest BCUT2D eigenvalue weighted by molar-refractivity contribution is -0.125. The summed E-state index contributed by atoms with van der Waals surface area (Å²) in [5, 5.41) is 8.23. The summed E-state index contributed by atoms with van der Waals surface area (Å²) in [5.41, 5.74) is 2.12. The van der Waals surface area contributed by atoms with Crippen molar-refractivity contribution in [2.24, 2.45) is 5.92 Å². The highest BCUT2D eigenvalue weighted by Gasteiger charge is 2.16. The Bertz CT molecular complexity index is 612. The normalized spacial score (nSPS) is 11.8. The van der Waals surface area contributed by atoms with Gasteiger partial charge in [0.2, 0.25) is 17.7 Å². The quantitative estimate of drug-likeness (QED) is 0.717. The second-order valence-electron chi connectivity index (χ2n) is 6.31. The van der Waals surface area contributed by atoms with E-state index in [1.54, 1.807) is 26.0 Å². The Labute approximate surface area is 143 Å². The molecule has 0 spiro atoms. The minimum absolute atomic E-state index is 0.0605. The van der Waals surface area contributed by atoms with Gasteiger partial charge in [0, 0.05) is 24.2 Å². The molecule has 132 valence electrons. The highest BCUT2D eigenvalue weighted by Crippen LogP contribution is 2.21. The van der Waals surface area contributed by atoms with E-state index in [-0.39, 0.29) is 23.6 Å². The molecule has 0 aliphatic rings. The van der Waals surface area contributed by atoms with Crippen molar-refractivity contribution in [2.75, 3.05) is 10.6 Å². The first kappa shape index (κ1) is 19.7. The van der Waals surface area contributed by atoms with Crippen LogP contribution in [0.5, 0.6) is 0 Å². The fourth-order valence-corrected chi connectivity index (χ4v) is 2.07. The lowest BCUT2D eigenvalue weighted by Gasteiger charge is -2.16. The van der Waals surface area contributed by atoms with Gasteiger partial charge in [-0.3, -0.25) is 14.4 Å². The number of amides is 3. The average Bonchev–Trinajstić information content (AvgIpc) is 2.49. The fraction of sp³-hybridized carbons (Fsp3) is 0.500. The number of nitrogens with one attached hydrogen (secondary N) is 3. The molecule has 0 saturated carbocycles. The predicted octanol–water partition coefficient (Wildman–Crippen LogP) is 2.83. The molecule has 0 aliphatic heterocycles. The maximum atomic E-state index is 12.2. The van der Waals surface area contributed by atoms with E-state index in [1.165, 1.54) is 0 Å². The monoisotopic (exact) mass is 333 g/mol. The van der Waals surface area contributed by atoms with Gasteiger partial charge < -0.3 is 16.0 Å². The van der Waals surface area contributed by atoms with E-state index in [0.29, 0.717) is 24.2 Å². The Balaban J connectivity index is 2.77. The molecule has 0 bridgehead atoms. The molecule has 1 aromatic carbocycles. The second-order valence-corrected chi connectivity index (χ2v) is 6.31. The van der Waals surface area contributed by atoms with Crippen LogP contribution >= 0.6 is 0 Å². The SMILES string of the molecule is CCC(=O)NC(C)C(=O)Nc1cc(NC(=O)CC(C)C)ccc1C. The maximum absolute atomic E-state index is 12.2. The molecule has 1 aromatic rings. The number of aryl methyl sites for hydroxylation is 1. The number of hydrogen-bond donors (Lipinski definition) is 3. The van der Waals surface area contributed by atoms with Crippen LogP contribution in [-0.2, 0) is 14.4 Å². The van der Waals surface area contributed by atoms with Gasteiger partial charge in [-0.15, -0.1) is 0 Å². The Morgan fingerprint density at radius 3 is 2.29 bits per heavy atom. The predicted molar refractivity (Wildman–Crippen MR) is 95.8 cm³/mol. The van der Waals surface area contributed by atoms with Crippen molar-refractivity contribution in [1.29, 1.82) is 0 Å². The number of carbonyl (C=O) groups excluding carboxylic acids is 3. The topological polar surface area (TPSA) is 87.3 Å². The lowest BCUT2D eigenvalue weighted by atomic mass is 10.1. The van der Waals surface area contributed by atoms with Crippen LogP contribution in [0.4, 0.5) is 11.4 Å². The van der Waals surface area contributed by atoms with E-state index in [4.69, 9.17) is 0 Å². The molecule has 0 aromatic heterocycles. The van der Waals surface area contributed by atoms with Gasteiger partial charge in [0.25, 0.3) is 0 Å². The summed E-state index contributed by atoms with van der Waals surface area (Å²) in [5.74, 6) is -0.262. The van der Waals surface area contributed by atoms with E-state index in [1.807, 2.05) is 26.8 Å². The largest absolute Gasteiger partial charge is 0.345 e. The third-order valence-electron chi connectivity index (χ3n) is 3.46. The Morgan fingerprint density at radius 2 is 1.71 bits per heavy atom. The van der Waals surface area contributed by atoms with Crippen molar-refractivity contribution < 1.29 is 14.4 Å². The molecule has 1 rings (SSSR count). The van der Waals surface area contributed by atoms with Gasteiger partial charge in [0.15, 0.2) is 0 Å². The standard InChI is InChI=1S/C18H27N3O3/c1-6-16(22)19-13(5)18(24)21-15-10-14(8-7-12(15)4)20-17(23)9-11(2)3/h7-8,10-11,13H,6,9H2,1-5H3,(H,19,22)(H,20,23)(H,21,24). The van der Waals surface area contributed by atoms with Crippen molar-refractivity contribution in [3.05, 3.63) is 23.8 Å². The van der Waals surface area contributed by atoms with Crippen LogP contribution in [0.1, 0.15) is 46.1 Å². The number of anilines is 2. The van der Waals surface area contributed by atoms with Crippen LogP contribution in [0, 0.1) is 12.8 Å². The second kappa shape index (κ2) is 9.05. The third-order valence-corrected chi connectivity index (χ3v) is 3.46. The van der Waals surface area contributed by atoms with Gasteiger partial charge in [-0.2, -0.15) is 0 Å². The number of carbonyl (C=O) groups is 3. The number of hydrogen-bond acceptors (Lipinski definition) is 3. The molecule has 24 heavy (non-hydrogen) atoms. The van der Waals surface area contributed by atoms with E-state index in [0.717, 1.165) is 5.56 Å².